The zero-order valence-electron chi connectivity index (χ0n) is 10.8. The third-order valence-corrected chi connectivity index (χ3v) is 3.81. The van der Waals surface area contributed by atoms with Crippen molar-refractivity contribution < 1.29 is 14.3 Å². The molecule has 19 heavy (non-hydrogen) atoms. The van der Waals surface area contributed by atoms with Crippen LogP contribution in [0.5, 0.6) is 0 Å². The summed E-state index contributed by atoms with van der Waals surface area (Å²) in [6.45, 7) is 2.89. The average molecular weight is 286 g/mol. The first-order valence-corrected chi connectivity index (χ1v) is 6.73. The molecule has 1 N–H and O–H groups in total. The molecule has 1 aliphatic heterocycles. The van der Waals surface area contributed by atoms with Crippen molar-refractivity contribution in [1.82, 2.24) is 4.90 Å². The van der Waals surface area contributed by atoms with E-state index < -0.39 is 11.4 Å². The van der Waals surface area contributed by atoms with E-state index in [-0.39, 0.29) is 10.9 Å². The number of amides is 1. The highest BCUT2D eigenvalue weighted by molar-refractivity contribution is 6.31. The lowest BCUT2D eigenvalue weighted by Gasteiger charge is -2.22. The Kier molecular flexibility index (Phi) is 4.11. The molecule has 104 valence electrons. The summed E-state index contributed by atoms with van der Waals surface area (Å²) >= 11 is 5.69. The van der Waals surface area contributed by atoms with Crippen LogP contribution in [-0.2, 0) is 0 Å². The molecule has 1 fully saturated rings. The van der Waals surface area contributed by atoms with Gasteiger partial charge in [0, 0.05) is 18.7 Å². The molecule has 1 aromatic carbocycles. The van der Waals surface area contributed by atoms with Crippen molar-refractivity contribution >= 4 is 17.5 Å². The maximum absolute atomic E-state index is 13.1. The molecule has 0 radical (unpaired) electrons. The van der Waals surface area contributed by atoms with Crippen LogP contribution in [0.1, 0.15) is 36.5 Å². The highest BCUT2D eigenvalue weighted by Gasteiger charge is 2.27. The van der Waals surface area contributed by atoms with E-state index in [1.807, 2.05) is 0 Å². The van der Waals surface area contributed by atoms with Gasteiger partial charge in [-0.25, -0.2) is 4.39 Å². The second-order valence-electron chi connectivity index (χ2n) is 5.27. The fourth-order valence-electron chi connectivity index (χ4n) is 2.28. The number of hydrogen-bond acceptors (Lipinski definition) is 2. The molecule has 5 heteroatoms. The van der Waals surface area contributed by atoms with Crippen molar-refractivity contribution in [2.45, 2.75) is 31.8 Å². The van der Waals surface area contributed by atoms with Crippen molar-refractivity contribution in [1.29, 1.82) is 0 Å². The zero-order valence-corrected chi connectivity index (χ0v) is 11.6. The molecular formula is C14H17ClFNO2. The number of nitrogens with zero attached hydrogens (tertiary/aromatic N) is 1. The molecule has 1 amide bonds. The number of benzene rings is 1. The van der Waals surface area contributed by atoms with Crippen LogP contribution in [0, 0.1) is 5.82 Å². The normalized spacial score (nSPS) is 24.1. The lowest BCUT2D eigenvalue weighted by molar-refractivity contribution is 0.0438. The first-order chi connectivity index (χ1) is 8.89. The smallest absolute Gasteiger partial charge is 0.253 e. The number of carbonyl (C=O) groups is 1. The van der Waals surface area contributed by atoms with Gasteiger partial charge < -0.3 is 10.0 Å². The lowest BCUT2D eigenvalue weighted by Crippen LogP contribution is -2.33. The molecule has 1 atom stereocenters. The molecule has 1 unspecified atom stereocenters. The summed E-state index contributed by atoms with van der Waals surface area (Å²) in [5.74, 6) is -0.698. The van der Waals surface area contributed by atoms with Crippen LogP contribution in [0.25, 0.3) is 0 Å². The summed E-state index contributed by atoms with van der Waals surface area (Å²) in [4.78, 5) is 14.0. The van der Waals surface area contributed by atoms with Gasteiger partial charge in [-0.1, -0.05) is 11.6 Å². The molecule has 1 saturated heterocycles. The Morgan fingerprint density at radius 1 is 1.42 bits per heavy atom. The Morgan fingerprint density at radius 3 is 2.84 bits per heavy atom. The third-order valence-electron chi connectivity index (χ3n) is 3.52. The van der Waals surface area contributed by atoms with Gasteiger partial charge in [0.05, 0.1) is 10.6 Å². The molecule has 0 aliphatic carbocycles. The minimum atomic E-state index is -0.713. The van der Waals surface area contributed by atoms with Crippen LogP contribution in [0.2, 0.25) is 5.02 Å². The average Bonchev–Trinajstić information content (AvgIpc) is 2.53. The van der Waals surface area contributed by atoms with Gasteiger partial charge in [0.15, 0.2) is 0 Å². The Bertz CT molecular complexity index is 490. The van der Waals surface area contributed by atoms with E-state index in [1.165, 1.54) is 18.2 Å². The summed E-state index contributed by atoms with van der Waals surface area (Å²) in [5.41, 5.74) is -0.330. The summed E-state index contributed by atoms with van der Waals surface area (Å²) in [6, 6.07) is 3.98. The predicted molar refractivity (Wildman–Crippen MR) is 71.8 cm³/mol. The number of carbonyl (C=O) groups excluding carboxylic acids is 1. The summed E-state index contributed by atoms with van der Waals surface area (Å²) in [6.07, 6.45) is 1.99. The van der Waals surface area contributed by atoms with Crippen molar-refractivity contribution in [2.75, 3.05) is 13.1 Å². The second-order valence-corrected chi connectivity index (χ2v) is 5.68. The van der Waals surface area contributed by atoms with Crippen molar-refractivity contribution in [3.63, 3.8) is 0 Å². The Labute approximate surface area is 117 Å². The number of likely N-dealkylation sites (tertiary alicyclic amines) is 1. The summed E-state index contributed by atoms with van der Waals surface area (Å²) in [7, 11) is 0. The largest absolute Gasteiger partial charge is 0.390 e. The van der Waals surface area contributed by atoms with Gasteiger partial charge in [0.2, 0.25) is 0 Å². The number of hydrogen-bond donors (Lipinski definition) is 1. The van der Waals surface area contributed by atoms with Crippen LogP contribution in [0.15, 0.2) is 18.2 Å². The number of aliphatic hydroxyl groups is 1. The van der Waals surface area contributed by atoms with Gasteiger partial charge in [0.1, 0.15) is 5.82 Å². The van der Waals surface area contributed by atoms with Crippen molar-refractivity contribution in [3.05, 3.63) is 34.6 Å². The van der Waals surface area contributed by atoms with Gasteiger partial charge in [-0.15, -0.1) is 0 Å². The topological polar surface area (TPSA) is 40.5 Å². The molecule has 2 rings (SSSR count). The monoisotopic (exact) mass is 285 g/mol. The third kappa shape index (κ3) is 3.45. The van der Waals surface area contributed by atoms with E-state index in [1.54, 1.807) is 11.8 Å². The maximum Gasteiger partial charge on any atom is 0.253 e. The van der Waals surface area contributed by atoms with E-state index in [9.17, 15) is 14.3 Å². The molecule has 1 aliphatic rings. The van der Waals surface area contributed by atoms with Crippen LogP contribution in [-0.4, -0.2) is 34.6 Å². The highest BCUT2D eigenvalue weighted by atomic mass is 35.5. The van der Waals surface area contributed by atoms with Gasteiger partial charge in [-0.2, -0.15) is 0 Å². The minimum Gasteiger partial charge on any atom is -0.390 e. The standard InChI is InChI=1S/C14H17ClFNO2/c1-14(19)5-2-7-17(8-6-14)13(18)10-3-4-12(16)11(15)9-10/h3-4,9,19H,2,5-8H2,1H3. The molecule has 0 saturated carbocycles. The Balaban J connectivity index is 2.13. The zero-order chi connectivity index (χ0) is 14.0. The van der Waals surface area contributed by atoms with Crippen molar-refractivity contribution in [3.8, 4) is 0 Å². The van der Waals surface area contributed by atoms with Gasteiger partial charge in [0.25, 0.3) is 5.91 Å². The number of halogens is 2. The molecule has 3 nitrogen and oxygen atoms in total. The van der Waals surface area contributed by atoms with E-state index >= 15 is 0 Å². The summed E-state index contributed by atoms with van der Waals surface area (Å²) in [5, 5.41) is 9.95. The summed E-state index contributed by atoms with van der Waals surface area (Å²) < 4.78 is 13.1. The first-order valence-electron chi connectivity index (χ1n) is 6.36. The van der Waals surface area contributed by atoms with E-state index in [0.717, 1.165) is 6.42 Å². The number of rotatable bonds is 1. The fraction of sp³-hybridized carbons (Fsp3) is 0.500. The van der Waals surface area contributed by atoms with Crippen LogP contribution >= 0.6 is 11.6 Å². The Hall–Kier alpha value is -1.13. The molecule has 1 heterocycles. The van der Waals surface area contributed by atoms with E-state index in [4.69, 9.17) is 11.6 Å². The lowest BCUT2D eigenvalue weighted by atomic mass is 9.98. The SMILES string of the molecule is CC1(O)CCCN(C(=O)c2ccc(F)c(Cl)c2)CC1. The molecule has 0 bridgehead atoms. The molecule has 0 spiro atoms. The van der Waals surface area contributed by atoms with Crippen LogP contribution in [0.4, 0.5) is 4.39 Å². The van der Waals surface area contributed by atoms with Gasteiger partial charge >= 0.3 is 0 Å². The molecular weight excluding hydrogens is 269 g/mol. The quantitative estimate of drug-likeness (QED) is 0.862. The van der Waals surface area contributed by atoms with E-state index in [2.05, 4.69) is 0 Å². The van der Waals surface area contributed by atoms with E-state index in [0.29, 0.717) is 31.5 Å². The molecule has 1 aromatic rings. The predicted octanol–water partition coefficient (Wildman–Crippen LogP) is 2.86. The highest BCUT2D eigenvalue weighted by Crippen LogP contribution is 2.23. The Morgan fingerprint density at radius 2 is 2.16 bits per heavy atom. The van der Waals surface area contributed by atoms with Gasteiger partial charge in [-0.3, -0.25) is 4.79 Å². The van der Waals surface area contributed by atoms with Crippen LogP contribution < -0.4 is 0 Å². The maximum atomic E-state index is 13.1. The molecule has 0 aromatic heterocycles. The second kappa shape index (κ2) is 5.47. The van der Waals surface area contributed by atoms with Crippen molar-refractivity contribution in [2.24, 2.45) is 0 Å². The van der Waals surface area contributed by atoms with Crippen LogP contribution in [0.3, 0.4) is 0 Å². The fourth-order valence-corrected chi connectivity index (χ4v) is 2.46. The first kappa shape index (κ1) is 14.3. The minimum absolute atomic E-state index is 0.0485. The van der Waals surface area contributed by atoms with Gasteiger partial charge in [-0.05, 0) is 44.4 Å².